The van der Waals surface area contributed by atoms with Crippen LogP contribution in [0.2, 0.25) is 0 Å². The Balaban J connectivity index is 2.05. The van der Waals surface area contributed by atoms with Gasteiger partial charge in [-0.3, -0.25) is 0 Å². The molecule has 0 amide bonds. The fourth-order valence-corrected chi connectivity index (χ4v) is 3.27. The zero-order valence-electron chi connectivity index (χ0n) is 10.3. The number of benzene rings is 1. The Morgan fingerprint density at radius 3 is 2.62 bits per heavy atom. The summed E-state index contributed by atoms with van der Waals surface area (Å²) >= 11 is 0. The molecule has 0 aromatic heterocycles. The van der Waals surface area contributed by atoms with Crippen LogP contribution in [0.5, 0.6) is 0 Å². The highest BCUT2D eigenvalue weighted by molar-refractivity contribution is 7.42. The van der Waals surface area contributed by atoms with Crippen LogP contribution in [0.25, 0.3) is 0 Å². The predicted octanol–water partition coefficient (Wildman–Crippen LogP) is 3.60. The molecule has 0 aliphatic heterocycles. The summed E-state index contributed by atoms with van der Waals surface area (Å²) in [6, 6.07) is 6.65. The average Bonchev–Trinajstić information content (AvgIpc) is 2.26. The van der Waals surface area contributed by atoms with Crippen LogP contribution >= 0.6 is 8.81 Å². The van der Waals surface area contributed by atoms with Crippen LogP contribution in [-0.4, -0.2) is 6.10 Å². The normalized spacial score (nSPS) is 16.9. The molecule has 1 fully saturated rings. The van der Waals surface area contributed by atoms with E-state index in [1.54, 1.807) is 0 Å². The van der Waals surface area contributed by atoms with Gasteiger partial charge in [0.05, 0.1) is 6.10 Å². The first-order valence-electron chi connectivity index (χ1n) is 6.37. The van der Waals surface area contributed by atoms with Gasteiger partial charge in [0.25, 0.3) is 0 Å². The van der Waals surface area contributed by atoms with E-state index in [0.29, 0.717) is 14.9 Å². The van der Waals surface area contributed by atoms with Gasteiger partial charge in [-0.25, -0.2) is 0 Å². The number of aryl methyl sites for hydroxylation is 1. The van der Waals surface area contributed by atoms with E-state index in [9.17, 15) is 0 Å². The van der Waals surface area contributed by atoms with Gasteiger partial charge in [0, 0.05) is 14.1 Å². The maximum Gasteiger partial charge on any atom is 0.0618 e. The molecule has 1 nitrogen and oxygen atoms in total. The fourth-order valence-electron chi connectivity index (χ4n) is 2.11. The molecular weight excluding hydrogens is 215 g/mol. The highest BCUT2D eigenvalue weighted by Gasteiger charge is 2.18. The van der Waals surface area contributed by atoms with Crippen LogP contribution in [0.3, 0.4) is 0 Å². The summed E-state index contributed by atoms with van der Waals surface area (Å²) in [5.74, 6) is 0. The van der Waals surface area contributed by atoms with E-state index in [2.05, 4.69) is 32.0 Å². The van der Waals surface area contributed by atoms with Crippen LogP contribution in [0.1, 0.15) is 44.2 Å². The van der Waals surface area contributed by atoms with Gasteiger partial charge in [-0.15, -0.1) is 0 Å². The van der Waals surface area contributed by atoms with E-state index in [0.717, 1.165) is 12.8 Å². The third-order valence-corrected chi connectivity index (χ3v) is 4.53. The van der Waals surface area contributed by atoms with Crippen LogP contribution in [0.15, 0.2) is 18.2 Å². The van der Waals surface area contributed by atoms with Crippen LogP contribution in [0.4, 0.5) is 0 Å². The van der Waals surface area contributed by atoms with Gasteiger partial charge < -0.3 is 4.52 Å². The van der Waals surface area contributed by atoms with Crippen molar-refractivity contribution >= 4 is 14.1 Å². The van der Waals surface area contributed by atoms with Crippen molar-refractivity contribution < 1.29 is 4.52 Å². The average molecular weight is 236 g/mol. The van der Waals surface area contributed by atoms with E-state index < -0.39 is 0 Å². The lowest BCUT2D eigenvalue weighted by Gasteiger charge is -2.25. The summed E-state index contributed by atoms with van der Waals surface area (Å²) < 4.78 is 5.93. The van der Waals surface area contributed by atoms with Crippen molar-refractivity contribution in [3.05, 3.63) is 29.3 Å². The van der Waals surface area contributed by atoms with Crippen molar-refractivity contribution in [2.45, 2.75) is 52.1 Å². The van der Waals surface area contributed by atoms with Gasteiger partial charge in [0.1, 0.15) is 0 Å². The first kappa shape index (κ1) is 12.1. The quantitative estimate of drug-likeness (QED) is 0.710. The van der Waals surface area contributed by atoms with Crippen molar-refractivity contribution in [1.82, 2.24) is 0 Å². The van der Waals surface area contributed by atoms with Crippen LogP contribution < -0.4 is 5.30 Å². The molecule has 0 radical (unpaired) electrons. The van der Waals surface area contributed by atoms with E-state index in [4.69, 9.17) is 4.52 Å². The predicted molar refractivity (Wildman–Crippen MR) is 71.9 cm³/mol. The van der Waals surface area contributed by atoms with E-state index in [1.165, 1.54) is 35.7 Å². The van der Waals surface area contributed by atoms with E-state index in [-0.39, 0.29) is 0 Å². The maximum absolute atomic E-state index is 5.93. The molecule has 0 spiro atoms. The van der Waals surface area contributed by atoms with Gasteiger partial charge in [0.2, 0.25) is 0 Å². The summed E-state index contributed by atoms with van der Waals surface area (Å²) in [4.78, 5) is 0. The molecule has 1 saturated carbocycles. The standard InChI is InChI=1S/C14H21OP/c1-3-11-7-5-10-14(13(11)4-2)16-15-12-8-6-9-12/h5,7,10,12,16H,3-4,6,8-9H2,1-2H3. The van der Waals surface area contributed by atoms with Crippen LogP contribution in [-0.2, 0) is 17.4 Å². The molecule has 1 aromatic rings. The number of hydrogen-bond acceptors (Lipinski definition) is 1. The highest BCUT2D eigenvalue weighted by Crippen LogP contribution is 2.30. The van der Waals surface area contributed by atoms with Crippen molar-refractivity contribution in [2.24, 2.45) is 0 Å². The molecule has 1 aliphatic carbocycles. The second-order valence-electron chi connectivity index (χ2n) is 4.42. The smallest absolute Gasteiger partial charge is 0.0618 e. The third-order valence-electron chi connectivity index (χ3n) is 3.40. The zero-order valence-corrected chi connectivity index (χ0v) is 11.3. The number of rotatable bonds is 5. The second kappa shape index (κ2) is 5.80. The van der Waals surface area contributed by atoms with Gasteiger partial charge >= 0.3 is 0 Å². The van der Waals surface area contributed by atoms with E-state index >= 15 is 0 Å². The highest BCUT2D eigenvalue weighted by atomic mass is 31.1. The van der Waals surface area contributed by atoms with Gasteiger partial charge in [-0.2, -0.15) is 0 Å². The lowest BCUT2D eigenvalue weighted by molar-refractivity contribution is 0.143. The second-order valence-corrected chi connectivity index (χ2v) is 5.40. The van der Waals surface area contributed by atoms with Crippen LogP contribution in [0, 0.1) is 0 Å². The molecule has 0 saturated heterocycles. The van der Waals surface area contributed by atoms with Gasteiger partial charge in [-0.1, -0.05) is 32.0 Å². The zero-order chi connectivity index (χ0) is 11.4. The Morgan fingerprint density at radius 2 is 2.06 bits per heavy atom. The lowest BCUT2D eigenvalue weighted by Crippen LogP contribution is -2.19. The summed E-state index contributed by atoms with van der Waals surface area (Å²) in [6.07, 6.45) is 6.69. The lowest BCUT2D eigenvalue weighted by atomic mass is 9.97. The summed E-state index contributed by atoms with van der Waals surface area (Å²) in [5.41, 5.74) is 3.01. The van der Waals surface area contributed by atoms with Crippen molar-refractivity contribution in [1.29, 1.82) is 0 Å². The molecule has 16 heavy (non-hydrogen) atoms. The van der Waals surface area contributed by atoms with Crippen molar-refractivity contribution in [3.63, 3.8) is 0 Å². The number of hydrogen-bond donors (Lipinski definition) is 0. The maximum atomic E-state index is 5.93. The minimum absolute atomic E-state index is 0.548. The molecule has 2 rings (SSSR count). The molecule has 0 bridgehead atoms. The molecule has 1 aromatic carbocycles. The third kappa shape index (κ3) is 2.64. The molecule has 2 heteroatoms. The Labute approximate surface area is 100 Å². The van der Waals surface area contributed by atoms with Crippen molar-refractivity contribution in [3.8, 4) is 0 Å². The fraction of sp³-hybridized carbons (Fsp3) is 0.571. The van der Waals surface area contributed by atoms with Crippen molar-refractivity contribution in [2.75, 3.05) is 0 Å². The Morgan fingerprint density at radius 1 is 1.25 bits per heavy atom. The summed E-state index contributed by atoms with van der Waals surface area (Å²) in [5, 5.41) is 1.42. The topological polar surface area (TPSA) is 9.23 Å². The molecular formula is C14H21OP. The Bertz CT molecular complexity index is 345. The molecule has 0 heterocycles. The summed E-state index contributed by atoms with van der Waals surface area (Å²) in [6.45, 7) is 4.47. The minimum Gasteiger partial charge on any atom is -0.354 e. The summed E-state index contributed by atoms with van der Waals surface area (Å²) in [7, 11) is 0.548. The largest absolute Gasteiger partial charge is 0.354 e. The van der Waals surface area contributed by atoms with E-state index in [1.807, 2.05) is 0 Å². The Hall–Kier alpha value is -0.390. The molecule has 1 atom stereocenters. The molecule has 1 unspecified atom stereocenters. The minimum atomic E-state index is 0.548. The monoisotopic (exact) mass is 236 g/mol. The first-order chi connectivity index (χ1) is 7.85. The Kier molecular flexibility index (Phi) is 4.37. The SMILES string of the molecule is CCc1cccc(POC2CCC2)c1CC. The molecule has 88 valence electrons. The molecule has 0 N–H and O–H groups in total. The first-order valence-corrected chi connectivity index (χ1v) is 7.28. The van der Waals surface area contributed by atoms with Gasteiger partial charge in [0.15, 0.2) is 0 Å². The molecule has 1 aliphatic rings. The van der Waals surface area contributed by atoms with Gasteiger partial charge in [-0.05, 0) is 43.2 Å².